The lowest BCUT2D eigenvalue weighted by Crippen LogP contribution is -2.21. The maximum Gasteiger partial charge on any atom is 0.195 e. The normalized spacial score (nSPS) is 12.0. The molecule has 0 spiro atoms. The number of aromatic amines is 1. The van der Waals surface area contributed by atoms with E-state index >= 15 is 0 Å². The number of rotatable bonds is 3. The third-order valence-electron chi connectivity index (χ3n) is 2.56. The van der Waals surface area contributed by atoms with Crippen molar-refractivity contribution in [3.63, 3.8) is 0 Å². The topological polar surface area (TPSA) is 33.6 Å². The summed E-state index contributed by atoms with van der Waals surface area (Å²) in [6.07, 6.45) is 1.06. The van der Waals surface area contributed by atoms with Gasteiger partial charge in [-0.05, 0) is 25.6 Å². The van der Waals surface area contributed by atoms with E-state index in [1.54, 1.807) is 0 Å². The molecule has 0 aliphatic rings. The molecule has 0 atom stereocenters. The van der Waals surface area contributed by atoms with Gasteiger partial charge in [0.05, 0.1) is 0 Å². The van der Waals surface area contributed by atoms with E-state index in [2.05, 4.69) is 42.5 Å². The second-order valence-electron chi connectivity index (χ2n) is 3.83. The van der Waals surface area contributed by atoms with Crippen LogP contribution >= 0.6 is 12.2 Å². The Morgan fingerprint density at radius 2 is 2.08 bits per heavy atom. The van der Waals surface area contributed by atoms with Crippen LogP contribution in [0.2, 0.25) is 0 Å². The summed E-state index contributed by atoms with van der Waals surface area (Å²) in [7, 11) is 0. The minimum atomic E-state index is 0.101. The SMILES string of the molecule is CCn1c(C(C)(C)CC)n[nH]c1=S. The summed E-state index contributed by atoms with van der Waals surface area (Å²) in [5, 5.41) is 7.12. The van der Waals surface area contributed by atoms with E-state index in [0.29, 0.717) is 0 Å². The van der Waals surface area contributed by atoms with Crippen LogP contribution in [0.1, 0.15) is 39.9 Å². The molecule has 1 N–H and O–H groups in total. The lowest BCUT2D eigenvalue weighted by molar-refractivity contribution is 0.445. The van der Waals surface area contributed by atoms with Gasteiger partial charge in [-0.1, -0.05) is 20.8 Å². The third kappa shape index (κ3) is 1.82. The van der Waals surface area contributed by atoms with Crippen LogP contribution in [-0.2, 0) is 12.0 Å². The number of aromatic nitrogens is 3. The van der Waals surface area contributed by atoms with Gasteiger partial charge in [-0.3, -0.25) is 5.10 Å². The predicted octanol–water partition coefficient (Wildman–Crippen LogP) is 2.65. The van der Waals surface area contributed by atoms with Crippen molar-refractivity contribution in [1.82, 2.24) is 14.8 Å². The molecule has 0 saturated carbocycles. The van der Waals surface area contributed by atoms with E-state index in [9.17, 15) is 0 Å². The molecular formula is C9H17N3S. The molecule has 13 heavy (non-hydrogen) atoms. The minimum absolute atomic E-state index is 0.101. The van der Waals surface area contributed by atoms with Gasteiger partial charge in [0.15, 0.2) is 4.77 Å². The van der Waals surface area contributed by atoms with Gasteiger partial charge in [0, 0.05) is 12.0 Å². The highest BCUT2D eigenvalue weighted by molar-refractivity contribution is 7.71. The van der Waals surface area contributed by atoms with Gasteiger partial charge in [-0.25, -0.2) is 0 Å². The molecule has 0 bridgehead atoms. The van der Waals surface area contributed by atoms with Crippen LogP contribution in [0.15, 0.2) is 0 Å². The zero-order valence-electron chi connectivity index (χ0n) is 8.72. The lowest BCUT2D eigenvalue weighted by Gasteiger charge is -2.21. The fourth-order valence-electron chi connectivity index (χ4n) is 1.29. The molecule has 1 aromatic heterocycles. The number of nitrogens with zero attached hydrogens (tertiary/aromatic N) is 2. The van der Waals surface area contributed by atoms with Gasteiger partial charge in [-0.15, -0.1) is 0 Å². The van der Waals surface area contributed by atoms with Crippen molar-refractivity contribution >= 4 is 12.2 Å². The minimum Gasteiger partial charge on any atom is -0.304 e. The first-order valence-corrected chi connectivity index (χ1v) is 5.09. The molecule has 74 valence electrons. The number of hydrogen-bond donors (Lipinski definition) is 1. The fraction of sp³-hybridized carbons (Fsp3) is 0.778. The van der Waals surface area contributed by atoms with E-state index < -0.39 is 0 Å². The summed E-state index contributed by atoms with van der Waals surface area (Å²) in [6, 6.07) is 0. The number of nitrogens with one attached hydrogen (secondary N) is 1. The molecule has 4 heteroatoms. The Bertz CT molecular complexity index is 335. The monoisotopic (exact) mass is 199 g/mol. The molecule has 0 radical (unpaired) electrons. The largest absolute Gasteiger partial charge is 0.304 e. The molecule has 0 amide bonds. The van der Waals surface area contributed by atoms with Crippen molar-refractivity contribution in [2.75, 3.05) is 0 Å². The molecule has 1 heterocycles. The van der Waals surface area contributed by atoms with Crippen LogP contribution in [0.4, 0.5) is 0 Å². The van der Waals surface area contributed by atoms with Gasteiger partial charge in [-0.2, -0.15) is 5.10 Å². The van der Waals surface area contributed by atoms with Crippen LogP contribution in [0.5, 0.6) is 0 Å². The maximum absolute atomic E-state index is 5.13. The Labute approximate surface area is 84.2 Å². The zero-order chi connectivity index (χ0) is 10.1. The summed E-state index contributed by atoms with van der Waals surface area (Å²) < 4.78 is 2.78. The van der Waals surface area contributed by atoms with Crippen molar-refractivity contribution in [2.45, 2.75) is 46.1 Å². The van der Waals surface area contributed by atoms with Crippen LogP contribution in [-0.4, -0.2) is 14.8 Å². The standard InChI is InChI=1S/C9H17N3S/c1-5-9(3,4)7-10-11-8(13)12(7)6-2/h5-6H2,1-4H3,(H,11,13). The highest BCUT2D eigenvalue weighted by atomic mass is 32.1. The van der Waals surface area contributed by atoms with Crippen molar-refractivity contribution in [2.24, 2.45) is 0 Å². The second kappa shape index (κ2) is 3.62. The summed E-state index contributed by atoms with van der Waals surface area (Å²) >= 11 is 5.13. The predicted molar refractivity (Wildman–Crippen MR) is 56.4 cm³/mol. The van der Waals surface area contributed by atoms with E-state index in [1.807, 2.05) is 0 Å². The molecule has 0 aliphatic heterocycles. The van der Waals surface area contributed by atoms with Gasteiger partial charge in [0.2, 0.25) is 0 Å². The molecule has 0 saturated heterocycles. The number of hydrogen-bond acceptors (Lipinski definition) is 2. The van der Waals surface area contributed by atoms with Crippen molar-refractivity contribution < 1.29 is 0 Å². The van der Waals surface area contributed by atoms with Crippen molar-refractivity contribution in [3.8, 4) is 0 Å². The van der Waals surface area contributed by atoms with Gasteiger partial charge in [0.25, 0.3) is 0 Å². The maximum atomic E-state index is 5.13. The molecule has 1 aromatic rings. The molecular weight excluding hydrogens is 182 g/mol. The Morgan fingerprint density at radius 3 is 2.54 bits per heavy atom. The van der Waals surface area contributed by atoms with Crippen LogP contribution in [0.3, 0.4) is 0 Å². The van der Waals surface area contributed by atoms with Crippen molar-refractivity contribution in [3.05, 3.63) is 10.6 Å². The molecule has 0 fully saturated rings. The molecule has 3 nitrogen and oxygen atoms in total. The van der Waals surface area contributed by atoms with Gasteiger partial charge in [0.1, 0.15) is 5.82 Å². The van der Waals surface area contributed by atoms with E-state index in [-0.39, 0.29) is 5.41 Å². The Hall–Kier alpha value is -0.640. The summed E-state index contributed by atoms with van der Waals surface area (Å²) in [5.41, 5.74) is 0.101. The highest BCUT2D eigenvalue weighted by Crippen LogP contribution is 2.24. The summed E-state index contributed by atoms with van der Waals surface area (Å²) in [5.74, 6) is 1.06. The van der Waals surface area contributed by atoms with Gasteiger partial charge >= 0.3 is 0 Å². The lowest BCUT2D eigenvalue weighted by atomic mass is 9.89. The van der Waals surface area contributed by atoms with E-state index in [0.717, 1.165) is 23.6 Å². The second-order valence-corrected chi connectivity index (χ2v) is 4.22. The third-order valence-corrected chi connectivity index (χ3v) is 2.88. The van der Waals surface area contributed by atoms with Crippen molar-refractivity contribution in [1.29, 1.82) is 0 Å². The van der Waals surface area contributed by atoms with Crippen LogP contribution < -0.4 is 0 Å². The first-order chi connectivity index (χ1) is 6.03. The number of H-pyrrole nitrogens is 1. The average Bonchev–Trinajstić information content (AvgIpc) is 2.47. The smallest absolute Gasteiger partial charge is 0.195 e. The first kappa shape index (κ1) is 10.4. The highest BCUT2D eigenvalue weighted by Gasteiger charge is 2.24. The average molecular weight is 199 g/mol. The Kier molecular flexibility index (Phi) is 2.91. The zero-order valence-corrected chi connectivity index (χ0v) is 9.53. The Balaban J connectivity index is 3.22. The quantitative estimate of drug-likeness (QED) is 0.759. The summed E-state index contributed by atoms with van der Waals surface area (Å²) in [6.45, 7) is 9.50. The first-order valence-electron chi connectivity index (χ1n) is 4.68. The molecule has 0 unspecified atom stereocenters. The fourth-order valence-corrected chi connectivity index (χ4v) is 1.55. The van der Waals surface area contributed by atoms with E-state index in [4.69, 9.17) is 12.2 Å². The molecule has 0 aliphatic carbocycles. The van der Waals surface area contributed by atoms with E-state index in [1.165, 1.54) is 0 Å². The summed E-state index contributed by atoms with van der Waals surface area (Å²) in [4.78, 5) is 0. The van der Waals surface area contributed by atoms with Crippen LogP contribution in [0, 0.1) is 4.77 Å². The van der Waals surface area contributed by atoms with Gasteiger partial charge < -0.3 is 4.57 Å². The molecule has 1 rings (SSSR count). The Morgan fingerprint density at radius 1 is 1.46 bits per heavy atom. The van der Waals surface area contributed by atoms with Crippen LogP contribution in [0.25, 0.3) is 0 Å². The molecule has 0 aromatic carbocycles.